The van der Waals surface area contributed by atoms with E-state index in [4.69, 9.17) is 12.2 Å². The van der Waals surface area contributed by atoms with Crippen molar-refractivity contribution in [2.45, 2.75) is 32.1 Å². The fraction of sp³-hybridized carbons (Fsp3) is 0.700. The average Bonchev–Trinajstić information content (AvgIpc) is 2.15. The third kappa shape index (κ3) is 7.17. The molecule has 0 fully saturated rings. The Balaban J connectivity index is 4.14. The monoisotopic (exact) mass is 277 g/mol. The number of thiocarbonyl (C=S) groups is 1. The Kier molecular flexibility index (Phi) is 7.13. The maximum Gasteiger partial charge on any atom is 0.321 e. The summed E-state index contributed by atoms with van der Waals surface area (Å²) in [4.78, 5) is 24.7. The molecule has 0 spiro atoms. The molecule has 0 saturated carbocycles. The zero-order valence-corrected chi connectivity index (χ0v) is 12.4. The van der Waals surface area contributed by atoms with Gasteiger partial charge in [0.15, 0.2) is 0 Å². The van der Waals surface area contributed by atoms with Crippen LogP contribution in [0.25, 0.3) is 0 Å². The van der Waals surface area contributed by atoms with Crippen LogP contribution in [0.1, 0.15) is 20.8 Å². The van der Waals surface area contributed by atoms with E-state index in [0.29, 0.717) is 4.32 Å². The fourth-order valence-electron chi connectivity index (χ4n) is 0.822. The van der Waals surface area contributed by atoms with Crippen LogP contribution in [-0.2, 0) is 4.79 Å². The summed E-state index contributed by atoms with van der Waals surface area (Å²) in [5.41, 5.74) is 0. The summed E-state index contributed by atoms with van der Waals surface area (Å²) < 4.78 is 0.608. The van der Waals surface area contributed by atoms with E-state index in [9.17, 15) is 9.59 Å². The smallest absolute Gasteiger partial charge is 0.321 e. The third-order valence-electron chi connectivity index (χ3n) is 1.67. The van der Waals surface area contributed by atoms with Crippen molar-refractivity contribution in [2.75, 3.05) is 14.1 Å². The van der Waals surface area contributed by atoms with E-state index in [1.807, 2.05) is 27.9 Å². The van der Waals surface area contributed by atoms with E-state index in [-0.39, 0.29) is 11.9 Å². The van der Waals surface area contributed by atoms with Gasteiger partial charge in [-0.3, -0.25) is 10.1 Å². The van der Waals surface area contributed by atoms with Gasteiger partial charge in [-0.15, -0.1) is 0 Å². The van der Waals surface area contributed by atoms with Crippen LogP contribution in [0.4, 0.5) is 4.79 Å². The molecule has 0 bridgehead atoms. The number of amides is 3. The van der Waals surface area contributed by atoms with Gasteiger partial charge in [-0.2, -0.15) is 0 Å². The molecule has 0 aliphatic carbocycles. The van der Waals surface area contributed by atoms with Crippen LogP contribution in [0.5, 0.6) is 0 Å². The normalized spacial score (nSPS) is 11.9. The lowest BCUT2D eigenvalue weighted by atomic mass is 10.4. The Morgan fingerprint density at radius 1 is 1.24 bits per heavy atom. The maximum atomic E-state index is 11.6. The Bertz CT molecular complexity index is 306. The van der Waals surface area contributed by atoms with Crippen molar-refractivity contribution < 1.29 is 9.59 Å². The number of carbonyl (C=O) groups excluding carboxylic acids is 2. The van der Waals surface area contributed by atoms with Crippen LogP contribution in [0, 0.1) is 0 Å². The first-order valence-electron chi connectivity index (χ1n) is 5.23. The van der Waals surface area contributed by atoms with E-state index < -0.39 is 11.3 Å². The molecule has 0 saturated heterocycles. The molecule has 0 aromatic heterocycles. The molecule has 98 valence electrons. The molecule has 0 aliphatic rings. The second-order valence-electron chi connectivity index (χ2n) is 4.04. The highest BCUT2D eigenvalue weighted by Gasteiger charge is 2.18. The summed E-state index contributed by atoms with van der Waals surface area (Å²) >= 11 is 6.31. The Labute approximate surface area is 112 Å². The van der Waals surface area contributed by atoms with E-state index in [1.54, 1.807) is 11.8 Å². The van der Waals surface area contributed by atoms with Crippen LogP contribution in [0.2, 0.25) is 0 Å². The van der Waals surface area contributed by atoms with Gasteiger partial charge in [0.05, 0.1) is 5.25 Å². The van der Waals surface area contributed by atoms with Gasteiger partial charge in [0.2, 0.25) is 5.91 Å². The molecule has 0 heterocycles. The molecule has 7 heteroatoms. The van der Waals surface area contributed by atoms with Crippen molar-refractivity contribution in [1.29, 1.82) is 0 Å². The molecule has 0 aromatic carbocycles. The minimum Gasteiger partial charge on any atom is -0.364 e. The number of imide groups is 1. The molecular weight excluding hydrogens is 258 g/mol. The van der Waals surface area contributed by atoms with Gasteiger partial charge in [0.25, 0.3) is 0 Å². The third-order valence-corrected chi connectivity index (χ3v) is 3.46. The SMILES string of the molecule is CC(C)NC(=O)NC(=O)[C@H](C)SC(=S)N(C)C. The summed E-state index contributed by atoms with van der Waals surface area (Å²) in [6.07, 6.45) is 0. The van der Waals surface area contributed by atoms with E-state index in [2.05, 4.69) is 10.6 Å². The number of nitrogens with zero attached hydrogens (tertiary/aromatic N) is 1. The zero-order valence-electron chi connectivity index (χ0n) is 10.7. The lowest BCUT2D eigenvalue weighted by molar-refractivity contribution is -0.119. The van der Waals surface area contributed by atoms with Crippen LogP contribution >= 0.6 is 24.0 Å². The number of hydrogen-bond acceptors (Lipinski definition) is 4. The molecule has 0 rings (SSSR count). The minimum atomic E-state index is -0.478. The molecule has 0 aliphatic heterocycles. The van der Waals surface area contributed by atoms with Gasteiger partial charge < -0.3 is 10.2 Å². The second-order valence-corrected chi connectivity index (χ2v) is 6.01. The fourth-order valence-corrected chi connectivity index (χ4v) is 1.93. The number of nitrogens with one attached hydrogen (secondary N) is 2. The Hall–Kier alpha value is -0.820. The first-order valence-corrected chi connectivity index (χ1v) is 6.52. The molecular formula is C10H19N3O2S2. The average molecular weight is 277 g/mol. The summed E-state index contributed by atoms with van der Waals surface area (Å²) in [6.45, 7) is 5.35. The van der Waals surface area contributed by atoms with Gasteiger partial charge in [-0.25, -0.2) is 4.79 Å². The molecule has 0 radical (unpaired) electrons. The Morgan fingerprint density at radius 3 is 2.18 bits per heavy atom. The minimum absolute atomic E-state index is 0.00592. The zero-order chi connectivity index (χ0) is 13.6. The van der Waals surface area contributed by atoms with Crippen molar-refractivity contribution in [3.05, 3.63) is 0 Å². The van der Waals surface area contributed by atoms with Crippen LogP contribution in [-0.4, -0.2) is 46.5 Å². The largest absolute Gasteiger partial charge is 0.364 e. The summed E-state index contributed by atoms with van der Waals surface area (Å²) in [5, 5.41) is 4.45. The van der Waals surface area contributed by atoms with Crippen molar-refractivity contribution in [3.63, 3.8) is 0 Å². The molecule has 3 amide bonds. The molecule has 0 aromatic rings. The number of urea groups is 1. The summed E-state index contributed by atoms with van der Waals surface area (Å²) in [6, 6.07) is -0.484. The van der Waals surface area contributed by atoms with Crippen LogP contribution in [0.15, 0.2) is 0 Å². The predicted molar refractivity (Wildman–Crippen MR) is 75.1 cm³/mol. The number of hydrogen-bond donors (Lipinski definition) is 2. The van der Waals surface area contributed by atoms with Gasteiger partial charge in [-0.1, -0.05) is 24.0 Å². The van der Waals surface area contributed by atoms with Gasteiger partial charge in [0, 0.05) is 20.1 Å². The highest BCUT2D eigenvalue weighted by Crippen LogP contribution is 2.14. The lowest BCUT2D eigenvalue weighted by Crippen LogP contribution is -2.45. The van der Waals surface area contributed by atoms with Gasteiger partial charge >= 0.3 is 6.03 Å². The first kappa shape index (κ1) is 16.2. The number of rotatable bonds is 3. The molecule has 0 unspecified atom stereocenters. The molecule has 2 N–H and O–H groups in total. The highest BCUT2D eigenvalue weighted by molar-refractivity contribution is 8.23. The number of thioether (sulfide) groups is 1. The van der Waals surface area contributed by atoms with E-state index in [0.717, 1.165) is 0 Å². The topological polar surface area (TPSA) is 61.4 Å². The molecule has 1 atom stereocenters. The quantitative estimate of drug-likeness (QED) is 0.759. The second kappa shape index (κ2) is 7.50. The van der Waals surface area contributed by atoms with Crippen LogP contribution in [0.3, 0.4) is 0 Å². The highest BCUT2D eigenvalue weighted by atomic mass is 32.2. The molecule has 17 heavy (non-hydrogen) atoms. The van der Waals surface area contributed by atoms with E-state index in [1.165, 1.54) is 11.8 Å². The maximum absolute atomic E-state index is 11.6. The van der Waals surface area contributed by atoms with Gasteiger partial charge in [-0.05, 0) is 20.8 Å². The predicted octanol–water partition coefficient (Wildman–Crippen LogP) is 1.19. The number of carbonyl (C=O) groups is 2. The lowest BCUT2D eigenvalue weighted by Gasteiger charge is -2.17. The standard InChI is InChI=1S/C10H19N3O2S2/c1-6(2)11-9(15)12-8(14)7(3)17-10(16)13(4)5/h6-7H,1-5H3,(H2,11,12,14,15)/t7-/m0/s1. The summed E-state index contributed by atoms with van der Waals surface area (Å²) in [5.74, 6) is -0.350. The van der Waals surface area contributed by atoms with Crippen molar-refractivity contribution in [3.8, 4) is 0 Å². The first-order chi connectivity index (χ1) is 7.73. The van der Waals surface area contributed by atoms with Crippen LogP contribution < -0.4 is 10.6 Å². The summed E-state index contributed by atoms with van der Waals surface area (Å²) in [7, 11) is 3.62. The molecule has 5 nitrogen and oxygen atoms in total. The van der Waals surface area contributed by atoms with E-state index >= 15 is 0 Å². The van der Waals surface area contributed by atoms with Crippen molar-refractivity contribution in [1.82, 2.24) is 15.5 Å². The van der Waals surface area contributed by atoms with Gasteiger partial charge in [0.1, 0.15) is 4.32 Å². The van der Waals surface area contributed by atoms with Crippen molar-refractivity contribution in [2.24, 2.45) is 0 Å². The van der Waals surface area contributed by atoms with Crippen molar-refractivity contribution >= 4 is 40.2 Å². The Morgan fingerprint density at radius 2 is 1.76 bits per heavy atom.